The van der Waals surface area contributed by atoms with Gasteiger partial charge >= 0.3 is 0 Å². The molecule has 0 amide bonds. The largest absolute Gasteiger partial charge is 0.382 e. The van der Waals surface area contributed by atoms with Crippen LogP contribution in [0.3, 0.4) is 0 Å². The highest BCUT2D eigenvalue weighted by Crippen LogP contribution is 2.52. The molecular formula is C15H15BrClN3O. The Hall–Kier alpha value is -1.17. The van der Waals surface area contributed by atoms with Crippen LogP contribution in [0.1, 0.15) is 18.4 Å². The molecule has 0 radical (unpaired) electrons. The van der Waals surface area contributed by atoms with Crippen LogP contribution in [0, 0.1) is 0 Å². The first-order valence-electron chi connectivity index (χ1n) is 6.69. The molecule has 1 aliphatic rings. The van der Waals surface area contributed by atoms with Crippen LogP contribution in [0.25, 0.3) is 6.08 Å². The van der Waals surface area contributed by atoms with E-state index in [0.29, 0.717) is 6.54 Å². The van der Waals surface area contributed by atoms with Crippen molar-refractivity contribution < 1.29 is 5.11 Å². The van der Waals surface area contributed by atoms with Gasteiger partial charge in [-0.3, -0.25) is 0 Å². The number of benzene rings is 1. The third-order valence-electron chi connectivity index (χ3n) is 3.76. The lowest BCUT2D eigenvalue weighted by Crippen LogP contribution is -2.43. The molecule has 1 unspecified atom stereocenters. The van der Waals surface area contributed by atoms with Crippen LogP contribution >= 0.6 is 27.5 Å². The van der Waals surface area contributed by atoms with E-state index >= 15 is 0 Å². The second-order valence-electron chi connectivity index (χ2n) is 5.37. The molecular weight excluding hydrogens is 354 g/mol. The third kappa shape index (κ3) is 3.20. The van der Waals surface area contributed by atoms with Gasteiger partial charge in [-0.1, -0.05) is 34.1 Å². The second kappa shape index (κ2) is 5.55. The molecule has 2 aromatic rings. The predicted octanol–water partition coefficient (Wildman–Crippen LogP) is 3.26. The molecule has 1 fully saturated rings. The zero-order chi connectivity index (χ0) is 14.9. The number of alkyl halides is 1. The van der Waals surface area contributed by atoms with Crippen LogP contribution in [0.4, 0.5) is 0 Å². The maximum absolute atomic E-state index is 11.0. The summed E-state index contributed by atoms with van der Waals surface area (Å²) in [5.41, 5.74) is -0.133. The molecule has 0 spiro atoms. The van der Waals surface area contributed by atoms with Crippen LogP contribution in [0.15, 0.2) is 47.5 Å². The zero-order valence-electron chi connectivity index (χ0n) is 11.3. The second-order valence-corrected chi connectivity index (χ2v) is 7.01. The maximum Gasteiger partial charge on any atom is 0.137 e. The van der Waals surface area contributed by atoms with Crippen LogP contribution in [0.2, 0.25) is 0 Å². The number of rotatable bonds is 5. The lowest BCUT2D eigenvalue weighted by molar-refractivity contribution is 0.0564. The average molecular weight is 369 g/mol. The summed E-state index contributed by atoms with van der Waals surface area (Å²) in [6, 6.07) is 7.88. The zero-order valence-corrected chi connectivity index (χ0v) is 13.6. The molecule has 1 saturated carbocycles. The van der Waals surface area contributed by atoms with Gasteiger partial charge in [-0.15, -0.1) is 11.6 Å². The molecule has 0 aliphatic heterocycles. The SMILES string of the molecule is OC(C=Cc1ccc(Br)cc1)(Cn1cncn1)C1(Cl)CC1. The molecule has 110 valence electrons. The molecule has 1 aromatic heterocycles. The van der Waals surface area contributed by atoms with E-state index in [0.717, 1.165) is 22.9 Å². The van der Waals surface area contributed by atoms with Crippen molar-refractivity contribution in [3.8, 4) is 0 Å². The monoisotopic (exact) mass is 367 g/mol. The number of aliphatic hydroxyl groups is 1. The molecule has 6 heteroatoms. The molecule has 1 atom stereocenters. The van der Waals surface area contributed by atoms with E-state index < -0.39 is 10.5 Å². The molecule has 1 heterocycles. The van der Waals surface area contributed by atoms with E-state index in [1.807, 2.05) is 30.3 Å². The minimum Gasteiger partial charge on any atom is -0.382 e. The number of nitrogens with zero attached hydrogens (tertiary/aromatic N) is 3. The van der Waals surface area contributed by atoms with E-state index in [1.165, 1.54) is 6.33 Å². The molecule has 1 aliphatic carbocycles. The van der Waals surface area contributed by atoms with E-state index in [2.05, 4.69) is 26.0 Å². The van der Waals surface area contributed by atoms with Crippen molar-refractivity contribution in [2.45, 2.75) is 29.9 Å². The van der Waals surface area contributed by atoms with Crippen LogP contribution in [-0.4, -0.2) is 30.3 Å². The molecule has 0 saturated heterocycles. The summed E-state index contributed by atoms with van der Waals surface area (Å²) in [6.45, 7) is 0.295. The summed E-state index contributed by atoms with van der Waals surface area (Å²) in [6.07, 6.45) is 8.30. The van der Waals surface area contributed by atoms with Crippen molar-refractivity contribution in [3.63, 3.8) is 0 Å². The minimum absolute atomic E-state index is 0.295. The number of aromatic nitrogens is 3. The molecule has 4 nitrogen and oxygen atoms in total. The normalized spacial score (nSPS) is 19.6. The van der Waals surface area contributed by atoms with Crippen molar-refractivity contribution in [2.24, 2.45) is 0 Å². The molecule has 3 rings (SSSR count). The highest BCUT2D eigenvalue weighted by molar-refractivity contribution is 9.10. The minimum atomic E-state index is -1.14. The number of hydrogen-bond acceptors (Lipinski definition) is 3. The Kier molecular flexibility index (Phi) is 3.90. The summed E-state index contributed by atoms with van der Waals surface area (Å²) < 4.78 is 2.63. The van der Waals surface area contributed by atoms with Gasteiger partial charge in [0.2, 0.25) is 0 Å². The van der Waals surface area contributed by atoms with E-state index in [9.17, 15) is 5.11 Å². The number of hydrogen-bond donors (Lipinski definition) is 1. The van der Waals surface area contributed by atoms with E-state index in [-0.39, 0.29) is 0 Å². The fourth-order valence-corrected chi connectivity index (χ4v) is 2.74. The smallest absolute Gasteiger partial charge is 0.137 e. The Morgan fingerprint density at radius 2 is 2.10 bits per heavy atom. The molecule has 1 N–H and O–H groups in total. The van der Waals surface area contributed by atoms with Gasteiger partial charge in [0, 0.05) is 4.47 Å². The van der Waals surface area contributed by atoms with E-state index in [1.54, 1.807) is 17.1 Å². The first-order chi connectivity index (χ1) is 10.0. The summed E-state index contributed by atoms with van der Waals surface area (Å²) >= 11 is 9.89. The third-order valence-corrected chi connectivity index (χ3v) is 4.99. The van der Waals surface area contributed by atoms with Gasteiger partial charge in [0.1, 0.15) is 18.3 Å². The van der Waals surface area contributed by atoms with Gasteiger partial charge in [0.05, 0.1) is 11.4 Å². The van der Waals surface area contributed by atoms with Gasteiger partial charge in [0.25, 0.3) is 0 Å². The Morgan fingerprint density at radius 3 is 2.67 bits per heavy atom. The van der Waals surface area contributed by atoms with Crippen molar-refractivity contribution in [1.29, 1.82) is 0 Å². The average Bonchev–Trinajstić information content (AvgIpc) is 3.03. The highest BCUT2D eigenvalue weighted by atomic mass is 79.9. The predicted molar refractivity (Wildman–Crippen MR) is 86.0 cm³/mol. The van der Waals surface area contributed by atoms with Gasteiger partial charge in [-0.05, 0) is 36.6 Å². The van der Waals surface area contributed by atoms with Crippen molar-refractivity contribution in [2.75, 3.05) is 0 Å². The van der Waals surface area contributed by atoms with Crippen molar-refractivity contribution in [3.05, 3.63) is 53.0 Å². The molecule has 0 bridgehead atoms. The van der Waals surface area contributed by atoms with Crippen LogP contribution in [-0.2, 0) is 6.54 Å². The van der Waals surface area contributed by atoms with E-state index in [4.69, 9.17) is 11.6 Å². The lowest BCUT2D eigenvalue weighted by Gasteiger charge is -2.29. The maximum atomic E-state index is 11.0. The van der Waals surface area contributed by atoms with Gasteiger partial charge in [0.15, 0.2) is 0 Å². The quantitative estimate of drug-likeness (QED) is 0.824. The highest BCUT2D eigenvalue weighted by Gasteiger charge is 2.56. The fourth-order valence-electron chi connectivity index (χ4n) is 2.26. The van der Waals surface area contributed by atoms with Crippen LogP contribution < -0.4 is 0 Å². The Labute approximate surface area is 136 Å². The lowest BCUT2D eigenvalue weighted by atomic mass is 9.95. The van der Waals surface area contributed by atoms with Crippen LogP contribution in [0.5, 0.6) is 0 Å². The van der Waals surface area contributed by atoms with Gasteiger partial charge < -0.3 is 5.11 Å². The fraction of sp³-hybridized carbons (Fsp3) is 0.333. The molecule has 1 aromatic carbocycles. The Balaban J connectivity index is 1.84. The first kappa shape index (κ1) is 14.8. The summed E-state index contributed by atoms with van der Waals surface area (Å²) in [5, 5.41) is 15.0. The standard InChI is InChI=1S/C15H15BrClN3O/c16-13-3-1-12(2-4-13)5-6-15(21,14(17)7-8-14)9-20-11-18-10-19-20/h1-6,10-11,21H,7-9H2. The Morgan fingerprint density at radius 1 is 1.38 bits per heavy atom. The summed E-state index contributed by atoms with van der Waals surface area (Å²) in [4.78, 5) is 3.30. The molecule has 21 heavy (non-hydrogen) atoms. The Bertz CT molecular complexity index is 637. The van der Waals surface area contributed by atoms with Gasteiger partial charge in [-0.25, -0.2) is 9.67 Å². The number of halogens is 2. The van der Waals surface area contributed by atoms with Gasteiger partial charge in [-0.2, -0.15) is 5.10 Å². The van der Waals surface area contributed by atoms with Crippen molar-refractivity contribution >= 4 is 33.6 Å². The summed E-state index contributed by atoms with van der Waals surface area (Å²) in [7, 11) is 0. The first-order valence-corrected chi connectivity index (χ1v) is 7.86. The summed E-state index contributed by atoms with van der Waals surface area (Å²) in [5.74, 6) is 0. The van der Waals surface area contributed by atoms with Crippen molar-refractivity contribution in [1.82, 2.24) is 14.8 Å². The topological polar surface area (TPSA) is 50.9 Å².